The first-order chi connectivity index (χ1) is 12.7. The molecular weight excluding hydrogens is 348 g/mol. The van der Waals surface area contributed by atoms with Gasteiger partial charge in [-0.05, 0) is 30.4 Å². The maximum atomic E-state index is 13.0. The van der Waals surface area contributed by atoms with Crippen molar-refractivity contribution in [1.82, 2.24) is 9.30 Å². The summed E-state index contributed by atoms with van der Waals surface area (Å²) in [6, 6.07) is 11.1. The van der Waals surface area contributed by atoms with Gasteiger partial charge in [-0.3, -0.25) is 9.36 Å². The van der Waals surface area contributed by atoms with Crippen LogP contribution in [-0.4, -0.2) is 9.30 Å². The quantitative estimate of drug-likeness (QED) is 0.653. The zero-order valence-corrected chi connectivity index (χ0v) is 15.0. The third-order valence-electron chi connectivity index (χ3n) is 4.79. The van der Waals surface area contributed by atoms with Crippen LogP contribution in [0.5, 0.6) is 0 Å². The summed E-state index contributed by atoms with van der Waals surface area (Å²) in [7, 11) is 0. The molecule has 132 valence electrons. The van der Waals surface area contributed by atoms with Crippen molar-refractivity contribution in [2.75, 3.05) is 0 Å². The lowest BCUT2D eigenvalue weighted by Crippen LogP contribution is -2.44. The summed E-state index contributed by atoms with van der Waals surface area (Å²) in [4.78, 5) is 32.6. The molecule has 1 aliphatic carbocycles. The van der Waals surface area contributed by atoms with E-state index in [1.807, 2.05) is 30.3 Å². The molecule has 0 spiro atoms. The fourth-order valence-electron chi connectivity index (χ4n) is 3.12. The van der Waals surface area contributed by atoms with Crippen molar-refractivity contribution < 1.29 is 4.84 Å². The van der Waals surface area contributed by atoms with Gasteiger partial charge in [0.2, 0.25) is 0 Å². The van der Waals surface area contributed by atoms with Gasteiger partial charge in [0.15, 0.2) is 0 Å². The zero-order chi connectivity index (χ0) is 18.1. The van der Waals surface area contributed by atoms with E-state index >= 15 is 0 Å². The minimum Gasteiger partial charge on any atom is -0.401 e. The number of benzene rings is 1. The lowest BCUT2D eigenvalue weighted by atomic mass is 9.85. The molecule has 26 heavy (non-hydrogen) atoms. The Labute approximate surface area is 154 Å². The molecule has 1 aliphatic rings. The lowest BCUT2D eigenvalue weighted by molar-refractivity contribution is 0.0760. The van der Waals surface area contributed by atoms with Crippen LogP contribution in [0.25, 0.3) is 10.2 Å². The third-order valence-corrected chi connectivity index (χ3v) is 5.88. The Bertz CT molecular complexity index is 1100. The fraction of sp³-hybridized carbons (Fsp3) is 0.300. The van der Waals surface area contributed by atoms with Gasteiger partial charge in [-0.15, -0.1) is 17.8 Å². The molecule has 0 bridgehead atoms. The number of hydrogen-bond donors (Lipinski definition) is 0. The SMILES string of the molecule is C#Cc1cc2c(=O)n(OCc3ccccc3)c(=O)n(CC3CCC3)c2s1. The Hall–Kier alpha value is -2.78. The van der Waals surface area contributed by atoms with E-state index in [0.717, 1.165) is 23.1 Å². The molecule has 0 atom stereocenters. The highest BCUT2D eigenvalue weighted by Gasteiger charge is 2.23. The van der Waals surface area contributed by atoms with Gasteiger partial charge in [-0.1, -0.05) is 47.4 Å². The number of fused-ring (bicyclic) bond motifs is 1. The average Bonchev–Trinajstić information content (AvgIpc) is 3.05. The van der Waals surface area contributed by atoms with E-state index in [4.69, 9.17) is 11.3 Å². The minimum atomic E-state index is -0.455. The molecule has 1 fully saturated rings. The molecule has 0 radical (unpaired) electrons. The van der Waals surface area contributed by atoms with Crippen molar-refractivity contribution in [3.05, 3.63) is 67.7 Å². The van der Waals surface area contributed by atoms with E-state index in [9.17, 15) is 9.59 Å². The summed E-state index contributed by atoms with van der Waals surface area (Å²) in [5.74, 6) is 3.03. The normalized spacial score (nSPS) is 14.1. The summed E-state index contributed by atoms with van der Waals surface area (Å²) < 4.78 is 2.53. The predicted octanol–water partition coefficient (Wildman–Crippen LogP) is 2.63. The molecule has 1 aromatic carbocycles. The van der Waals surface area contributed by atoms with Gasteiger partial charge in [0.05, 0.1) is 10.3 Å². The fourth-order valence-corrected chi connectivity index (χ4v) is 4.08. The van der Waals surface area contributed by atoms with Crippen molar-refractivity contribution in [1.29, 1.82) is 0 Å². The van der Waals surface area contributed by atoms with Crippen molar-refractivity contribution >= 4 is 21.6 Å². The molecule has 0 aliphatic heterocycles. The second-order valence-corrected chi connectivity index (χ2v) is 7.55. The van der Waals surface area contributed by atoms with Gasteiger partial charge >= 0.3 is 5.69 Å². The first-order valence-corrected chi connectivity index (χ1v) is 9.42. The Kier molecular flexibility index (Phi) is 4.39. The summed E-state index contributed by atoms with van der Waals surface area (Å²) in [5.41, 5.74) is -0.00151. The van der Waals surface area contributed by atoms with Crippen molar-refractivity contribution in [3.63, 3.8) is 0 Å². The molecule has 0 amide bonds. The van der Waals surface area contributed by atoms with Crippen LogP contribution in [-0.2, 0) is 13.2 Å². The maximum absolute atomic E-state index is 13.0. The summed E-state index contributed by atoms with van der Waals surface area (Å²) in [6.07, 6.45) is 8.89. The smallest absolute Gasteiger partial charge is 0.365 e. The first kappa shape index (κ1) is 16.7. The Morgan fingerprint density at radius 2 is 2.00 bits per heavy atom. The van der Waals surface area contributed by atoms with E-state index in [-0.39, 0.29) is 6.61 Å². The van der Waals surface area contributed by atoms with E-state index < -0.39 is 11.2 Å². The maximum Gasteiger partial charge on any atom is 0.365 e. The Balaban J connectivity index is 1.79. The average molecular weight is 366 g/mol. The number of rotatable bonds is 5. The van der Waals surface area contributed by atoms with Crippen LogP contribution in [0.1, 0.15) is 29.7 Å². The second-order valence-electron chi connectivity index (χ2n) is 6.52. The van der Waals surface area contributed by atoms with Crippen molar-refractivity contribution in [3.8, 4) is 12.3 Å². The molecule has 6 heteroatoms. The molecule has 1 saturated carbocycles. The standard InChI is InChI=1S/C20H18N2O3S/c1-2-16-11-17-18(23)22(25-13-15-7-4-3-5-8-15)20(24)21(19(17)26-16)12-14-9-6-10-14/h1,3-5,7-8,11,14H,6,9-10,12-13H2. The largest absolute Gasteiger partial charge is 0.401 e. The summed E-state index contributed by atoms with van der Waals surface area (Å²) in [5, 5.41) is 0.440. The van der Waals surface area contributed by atoms with Crippen molar-refractivity contribution in [2.45, 2.75) is 32.4 Å². The molecule has 5 nitrogen and oxygen atoms in total. The number of nitrogens with zero attached hydrogens (tertiary/aromatic N) is 2. The topological polar surface area (TPSA) is 53.2 Å². The molecular formula is C20H18N2O3S. The summed E-state index contributed by atoms with van der Waals surface area (Å²) in [6.45, 7) is 0.742. The third kappa shape index (κ3) is 2.95. The zero-order valence-electron chi connectivity index (χ0n) is 14.2. The number of hydrogen-bond acceptors (Lipinski definition) is 4. The minimum absolute atomic E-state index is 0.150. The van der Waals surface area contributed by atoms with Crippen LogP contribution in [0.3, 0.4) is 0 Å². The predicted molar refractivity (Wildman–Crippen MR) is 102 cm³/mol. The molecule has 4 rings (SSSR count). The summed E-state index contributed by atoms with van der Waals surface area (Å²) >= 11 is 1.31. The van der Waals surface area contributed by atoms with Crippen LogP contribution < -0.4 is 16.1 Å². The van der Waals surface area contributed by atoms with E-state index in [1.54, 1.807) is 10.6 Å². The number of terminal acetylenes is 1. The van der Waals surface area contributed by atoms with Crippen molar-refractivity contribution in [2.24, 2.45) is 5.92 Å². The van der Waals surface area contributed by atoms with E-state index in [0.29, 0.717) is 27.6 Å². The van der Waals surface area contributed by atoms with Gasteiger partial charge in [-0.2, -0.15) is 0 Å². The van der Waals surface area contributed by atoms with Crippen LogP contribution in [0.4, 0.5) is 0 Å². The highest BCUT2D eigenvalue weighted by Crippen LogP contribution is 2.29. The lowest BCUT2D eigenvalue weighted by Gasteiger charge is -2.26. The van der Waals surface area contributed by atoms with Gasteiger partial charge in [-0.25, -0.2) is 4.79 Å². The van der Waals surface area contributed by atoms with Crippen LogP contribution >= 0.6 is 11.3 Å². The monoisotopic (exact) mass is 366 g/mol. The number of thiophene rings is 1. The van der Waals surface area contributed by atoms with Gasteiger partial charge in [0.25, 0.3) is 5.56 Å². The van der Waals surface area contributed by atoms with Gasteiger partial charge in [0.1, 0.15) is 11.4 Å². The van der Waals surface area contributed by atoms with Crippen LogP contribution in [0, 0.1) is 18.3 Å². The highest BCUT2D eigenvalue weighted by molar-refractivity contribution is 7.19. The second kappa shape index (κ2) is 6.85. The molecule has 2 heterocycles. The first-order valence-electron chi connectivity index (χ1n) is 8.60. The van der Waals surface area contributed by atoms with E-state index in [1.165, 1.54) is 17.8 Å². The molecule has 0 saturated heterocycles. The van der Waals surface area contributed by atoms with Gasteiger partial charge < -0.3 is 4.84 Å². The van der Waals surface area contributed by atoms with Crippen LogP contribution in [0.15, 0.2) is 46.0 Å². The highest BCUT2D eigenvalue weighted by atomic mass is 32.1. The molecule has 0 unspecified atom stereocenters. The molecule has 0 N–H and O–H groups in total. The molecule has 2 aromatic heterocycles. The van der Waals surface area contributed by atoms with Gasteiger partial charge in [0, 0.05) is 6.54 Å². The Morgan fingerprint density at radius 1 is 1.23 bits per heavy atom. The number of aromatic nitrogens is 2. The molecule has 3 aromatic rings. The Morgan fingerprint density at radius 3 is 2.65 bits per heavy atom. The van der Waals surface area contributed by atoms with Crippen LogP contribution in [0.2, 0.25) is 0 Å². The van der Waals surface area contributed by atoms with E-state index in [2.05, 4.69) is 5.92 Å².